The summed E-state index contributed by atoms with van der Waals surface area (Å²) in [5.41, 5.74) is 0.711. The molecule has 4 unspecified atom stereocenters. The van der Waals surface area contributed by atoms with Crippen LogP contribution in [-0.4, -0.2) is 60.1 Å². The Morgan fingerprint density at radius 2 is 1.77 bits per heavy atom. The number of benzene rings is 3. The number of carbonyl (C=O) groups is 2. The van der Waals surface area contributed by atoms with Gasteiger partial charge in [-0.2, -0.15) is 0 Å². The van der Waals surface area contributed by atoms with Crippen molar-refractivity contribution < 1.29 is 38.1 Å². The Morgan fingerprint density at radius 1 is 1.09 bits per heavy atom. The van der Waals surface area contributed by atoms with Crippen molar-refractivity contribution in [3.8, 4) is 11.5 Å². The molecule has 0 spiro atoms. The molecule has 0 fully saturated rings. The van der Waals surface area contributed by atoms with Crippen molar-refractivity contribution in [1.29, 1.82) is 0 Å². The molecular formula is C33H38BrNO8S. The van der Waals surface area contributed by atoms with E-state index in [1.165, 1.54) is 12.1 Å². The van der Waals surface area contributed by atoms with Gasteiger partial charge in [-0.25, -0.2) is 13.2 Å². The molecule has 1 aliphatic rings. The average molecular weight is 689 g/mol. The number of ether oxygens (including phenoxy) is 1. The number of aliphatic carboxylic acids is 1. The summed E-state index contributed by atoms with van der Waals surface area (Å²) in [6.07, 6.45) is 1.54. The third kappa shape index (κ3) is 7.27. The zero-order valence-electron chi connectivity index (χ0n) is 24.7. The number of sulfone groups is 1. The quantitative estimate of drug-likeness (QED) is 0.203. The molecule has 9 nitrogen and oxygen atoms in total. The SMILES string of the molecule is CCCCC1(CC)CS(=O)(=O)c2cc(OCC(=O)NC(Cc3ccccc3O)C(=O)O)c(Br)cc2C(c2ccccc2)C1O. The number of amides is 1. The maximum atomic E-state index is 14.0. The normalized spacial score (nSPS) is 21.5. The molecule has 3 aromatic carbocycles. The van der Waals surface area contributed by atoms with Gasteiger partial charge in [0.25, 0.3) is 5.91 Å². The molecule has 0 aliphatic carbocycles. The number of aliphatic hydroxyl groups is 1. The van der Waals surface area contributed by atoms with E-state index < -0.39 is 51.8 Å². The number of unbranched alkanes of at least 4 members (excludes halogenated alkanes) is 1. The molecule has 0 saturated carbocycles. The molecule has 236 valence electrons. The molecular weight excluding hydrogens is 650 g/mol. The number of fused-ring (bicyclic) bond motifs is 1. The van der Waals surface area contributed by atoms with E-state index in [9.17, 15) is 33.3 Å². The van der Waals surface area contributed by atoms with Crippen LogP contribution in [0.15, 0.2) is 76.1 Å². The van der Waals surface area contributed by atoms with Gasteiger partial charge in [-0.15, -0.1) is 0 Å². The van der Waals surface area contributed by atoms with Gasteiger partial charge in [0.15, 0.2) is 16.4 Å². The number of aromatic hydroxyl groups is 1. The second kappa shape index (κ2) is 14.1. The number of phenolic OH excluding ortho intramolecular Hbond substituents is 1. The highest BCUT2D eigenvalue weighted by Crippen LogP contribution is 2.50. The molecule has 1 amide bonds. The molecule has 0 radical (unpaired) electrons. The van der Waals surface area contributed by atoms with Crippen molar-refractivity contribution in [3.05, 3.63) is 87.9 Å². The molecule has 1 aliphatic heterocycles. The lowest BCUT2D eigenvalue weighted by Crippen LogP contribution is -2.44. The van der Waals surface area contributed by atoms with Crippen LogP contribution in [0.2, 0.25) is 0 Å². The Kier molecular flexibility index (Phi) is 10.8. The van der Waals surface area contributed by atoms with Gasteiger partial charge in [-0.1, -0.05) is 75.2 Å². The molecule has 1 heterocycles. The van der Waals surface area contributed by atoms with Crippen LogP contribution in [0.1, 0.15) is 62.1 Å². The lowest BCUT2D eigenvalue weighted by Gasteiger charge is -2.39. The van der Waals surface area contributed by atoms with Crippen LogP contribution in [0.3, 0.4) is 0 Å². The number of hydrogen-bond donors (Lipinski definition) is 4. The lowest BCUT2D eigenvalue weighted by atomic mass is 9.69. The maximum absolute atomic E-state index is 14.0. The summed E-state index contributed by atoms with van der Waals surface area (Å²) in [5.74, 6) is -2.87. The van der Waals surface area contributed by atoms with Crippen LogP contribution in [0, 0.1) is 5.41 Å². The van der Waals surface area contributed by atoms with Gasteiger partial charge in [-0.05, 0) is 57.6 Å². The van der Waals surface area contributed by atoms with Crippen LogP contribution in [0.25, 0.3) is 0 Å². The van der Waals surface area contributed by atoms with Crippen LogP contribution >= 0.6 is 15.9 Å². The highest BCUT2D eigenvalue weighted by atomic mass is 79.9. The van der Waals surface area contributed by atoms with E-state index in [4.69, 9.17) is 4.74 Å². The van der Waals surface area contributed by atoms with E-state index in [0.29, 0.717) is 28.4 Å². The minimum atomic E-state index is -3.91. The summed E-state index contributed by atoms with van der Waals surface area (Å²) in [4.78, 5) is 24.6. The van der Waals surface area contributed by atoms with Crippen molar-refractivity contribution in [3.63, 3.8) is 0 Å². The van der Waals surface area contributed by atoms with Crippen LogP contribution in [0.5, 0.6) is 11.5 Å². The van der Waals surface area contributed by atoms with Crippen molar-refractivity contribution in [2.24, 2.45) is 5.41 Å². The minimum Gasteiger partial charge on any atom is -0.508 e. The molecule has 0 bridgehead atoms. The first-order valence-electron chi connectivity index (χ1n) is 14.6. The van der Waals surface area contributed by atoms with Gasteiger partial charge in [-0.3, -0.25) is 4.79 Å². The third-order valence-corrected chi connectivity index (χ3v) is 11.1. The number of nitrogens with one attached hydrogen (secondary N) is 1. The monoisotopic (exact) mass is 687 g/mol. The Morgan fingerprint density at radius 3 is 2.41 bits per heavy atom. The van der Waals surface area contributed by atoms with Gasteiger partial charge in [0.05, 0.1) is 21.2 Å². The highest BCUT2D eigenvalue weighted by Gasteiger charge is 2.49. The summed E-state index contributed by atoms with van der Waals surface area (Å²) in [6, 6.07) is 17.3. The molecule has 4 N–H and O–H groups in total. The molecule has 0 aromatic heterocycles. The van der Waals surface area contributed by atoms with E-state index in [1.807, 2.05) is 44.2 Å². The summed E-state index contributed by atoms with van der Waals surface area (Å²) < 4.78 is 34.2. The highest BCUT2D eigenvalue weighted by molar-refractivity contribution is 9.10. The minimum absolute atomic E-state index is 0.0267. The number of carboxylic acid groups (broad SMARTS) is 1. The zero-order chi connectivity index (χ0) is 32.1. The van der Waals surface area contributed by atoms with Gasteiger partial charge in [0.1, 0.15) is 17.5 Å². The number of hydrogen-bond acceptors (Lipinski definition) is 7. The molecule has 0 saturated heterocycles. The predicted molar refractivity (Wildman–Crippen MR) is 170 cm³/mol. The first kappa shape index (κ1) is 33.5. The first-order chi connectivity index (χ1) is 20.9. The fourth-order valence-corrected chi connectivity index (χ4v) is 8.72. The van der Waals surface area contributed by atoms with Crippen molar-refractivity contribution >= 4 is 37.6 Å². The molecule has 44 heavy (non-hydrogen) atoms. The summed E-state index contributed by atoms with van der Waals surface area (Å²) in [6.45, 7) is 3.37. The number of halogens is 1. The standard InChI is InChI=1S/C33H38BrNO8S/c1-3-5-15-33(4-2)20-44(41,42)28-18-27(24(34)17-23(28)30(31(33)38)21-11-7-6-8-12-21)43-19-29(37)35-25(32(39)40)16-22-13-9-10-14-26(22)36/h6-14,17-18,25,30-31,36,38H,3-5,15-16,19-20H2,1-2H3,(H,35,37)(H,39,40). The summed E-state index contributed by atoms with van der Waals surface area (Å²) in [5, 5.41) is 34.0. The van der Waals surface area contributed by atoms with Gasteiger partial charge >= 0.3 is 5.97 Å². The number of carbonyl (C=O) groups excluding carboxylic acids is 1. The van der Waals surface area contributed by atoms with E-state index in [2.05, 4.69) is 21.2 Å². The predicted octanol–water partition coefficient (Wildman–Crippen LogP) is 5.21. The van der Waals surface area contributed by atoms with E-state index in [0.717, 1.165) is 18.4 Å². The van der Waals surface area contributed by atoms with Crippen molar-refractivity contribution in [2.75, 3.05) is 12.4 Å². The fourth-order valence-electron chi connectivity index (χ4n) is 5.98. The Balaban J connectivity index is 1.65. The second-order valence-corrected chi connectivity index (χ2v) is 14.1. The number of para-hydroxylation sites is 1. The largest absolute Gasteiger partial charge is 0.508 e. The number of aliphatic hydroxyl groups excluding tert-OH is 1. The van der Waals surface area contributed by atoms with Gasteiger partial charge < -0.3 is 25.4 Å². The molecule has 4 rings (SSSR count). The fraction of sp³-hybridized carbons (Fsp3) is 0.394. The summed E-state index contributed by atoms with van der Waals surface area (Å²) in [7, 11) is -3.91. The number of carboxylic acids is 1. The smallest absolute Gasteiger partial charge is 0.326 e. The van der Waals surface area contributed by atoms with Gasteiger partial charge in [0, 0.05) is 23.8 Å². The molecule has 11 heteroatoms. The van der Waals surface area contributed by atoms with Crippen molar-refractivity contribution in [2.45, 2.75) is 68.9 Å². The van der Waals surface area contributed by atoms with Crippen LogP contribution < -0.4 is 10.1 Å². The lowest BCUT2D eigenvalue weighted by molar-refractivity contribution is -0.142. The van der Waals surface area contributed by atoms with Gasteiger partial charge in [0.2, 0.25) is 0 Å². The molecule has 4 atom stereocenters. The average Bonchev–Trinajstić information content (AvgIpc) is 3.06. The van der Waals surface area contributed by atoms with E-state index in [1.54, 1.807) is 24.3 Å². The Labute approximate surface area is 266 Å². The number of phenols is 1. The first-order valence-corrected chi connectivity index (χ1v) is 17.1. The molecule has 3 aromatic rings. The maximum Gasteiger partial charge on any atom is 0.326 e. The van der Waals surface area contributed by atoms with Crippen LogP contribution in [0.4, 0.5) is 0 Å². The zero-order valence-corrected chi connectivity index (χ0v) is 27.1. The Bertz CT molecular complexity index is 1600. The number of rotatable bonds is 12. The Hall–Kier alpha value is -3.41. The van der Waals surface area contributed by atoms with Crippen LogP contribution in [-0.2, 0) is 25.8 Å². The second-order valence-electron chi connectivity index (χ2n) is 11.3. The van der Waals surface area contributed by atoms with E-state index >= 15 is 0 Å². The topological polar surface area (TPSA) is 150 Å². The summed E-state index contributed by atoms with van der Waals surface area (Å²) >= 11 is 3.47. The van der Waals surface area contributed by atoms with E-state index in [-0.39, 0.29) is 28.6 Å². The van der Waals surface area contributed by atoms with Crippen molar-refractivity contribution in [1.82, 2.24) is 5.32 Å². The third-order valence-electron chi connectivity index (χ3n) is 8.45.